The minimum Gasteiger partial charge on any atom is -0.497 e. The summed E-state index contributed by atoms with van der Waals surface area (Å²) in [5.74, 6) is 0.945. The lowest BCUT2D eigenvalue weighted by Crippen LogP contribution is -2.15. The molecule has 0 saturated carbocycles. The fourth-order valence-electron chi connectivity index (χ4n) is 2.72. The van der Waals surface area contributed by atoms with Gasteiger partial charge in [-0.25, -0.2) is 4.68 Å². The Hall–Kier alpha value is -1.97. The number of methoxy groups -OCH3 is 1. The first-order valence-corrected chi connectivity index (χ1v) is 7.84. The SMILES string of the molecule is CCCCc1c(C(C)(C)C)c(O)nn1-c1ccc(OC)cc1. The number of aromatic nitrogens is 2. The molecule has 0 amide bonds. The molecular weight excluding hydrogens is 276 g/mol. The fourth-order valence-corrected chi connectivity index (χ4v) is 2.72. The normalized spacial score (nSPS) is 11.7. The Morgan fingerprint density at radius 2 is 1.82 bits per heavy atom. The number of hydrogen-bond donors (Lipinski definition) is 1. The van der Waals surface area contributed by atoms with E-state index < -0.39 is 0 Å². The molecule has 120 valence electrons. The van der Waals surface area contributed by atoms with Crippen LogP contribution < -0.4 is 4.74 Å². The fraction of sp³-hybridized carbons (Fsp3) is 0.500. The zero-order chi connectivity index (χ0) is 16.3. The number of benzene rings is 1. The predicted molar refractivity (Wildman–Crippen MR) is 89.1 cm³/mol. The third-order valence-corrected chi connectivity index (χ3v) is 3.80. The molecule has 0 radical (unpaired) electrons. The molecule has 1 aromatic heterocycles. The van der Waals surface area contributed by atoms with Crippen molar-refractivity contribution in [1.29, 1.82) is 0 Å². The highest BCUT2D eigenvalue weighted by Crippen LogP contribution is 2.35. The van der Waals surface area contributed by atoms with Crippen LogP contribution in [0.3, 0.4) is 0 Å². The topological polar surface area (TPSA) is 47.3 Å². The Bertz CT molecular complexity index is 622. The van der Waals surface area contributed by atoms with E-state index in [1.54, 1.807) is 7.11 Å². The lowest BCUT2D eigenvalue weighted by Gasteiger charge is -2.20. The third-order valence-electron chi connectivity index (χ3n) is 3.80. The van der Waals surface area contributed by atoms with Crippen LogP contribution in [-0.2, 0) is 11.8 Å². The molecule has 22 heavy (non-hydrogen) atoms. The van der Waals surface area contributed by atoms with Gasteiger partial charge in [0.2, 0.25) is 5.88 Å². The van der Waals surface area contributed by atoms with Crippen molar-refractivity contribution in [3.63, 3.8) is 0 Å². The summed E-state index contributed by atoms with van der Waals surface area (Å²) in [5.41, 5.74) is 2.84. The van der Waals surface area contributed by atoms with Crippen LogP contribution in [0, 0.1) is 0 Å². The van der Waals surface area contributed by atoms with Crippen molar-refractivity contribution in [2.45, 2.75) is 52.4 Å². The van der Waals surface area contributed by atoms with E-state index in [0.29, 0.717) is 0 Å². The quantitative estimate of drug-likeness (QED) is 0.899. The van der Waals surface area contributed by atoms with Gasteiger partial charge in [0.25, 0.3) is 0 Å². The molecule has 0 unspecified atom stereocenters. The average Bonchev–Trinajstić information content (AvgIpc) is 2.81. The van der Waals surface area contributed by atoms with Gasteiger partial charge in [0.05, 0.1) is 18.5 Å². The molecule has 0 aliphatic carbocycles. The first-order valence-electron chi connectivity index (χ1n) is 7.84. The predicted octanol–water partition coefficient (Wildman–Crippen LogP) is 4.23. The number of ether oxygens (including phenoxy) is 1. The van der Waals surface area contributed by atoms with E-state index in [4.69, 9.17) is 4.74 Å². The van der Waals surface area contributed by atoms with Crippen LogP contribution in [0.5, 0.6) is 11.6 Å². The number of nitrogens with zero attached hydrogens (tertiary/aromatic N) is 2. The van der Waals surface area contributed by atoms with Gasteiger partial charge < -0.3 is 9.84 Å². The van der Waals surface area contributed by atoms with Gasteiger partial charge >= 0.3 is 0 Å². The molecule has 1 N–H and O–H groups in total. The Balaban J connectivity index is 2.54. The molecule has 0 spiro atoms. The zero-order valence-corrected chi connectivity index (χ0v) is 14.2. The van der Waals surface area contributed by atoms with Gasteiger partial charge in [0.15, 0.2) is 0 Å². The summed E-state index contributed by atoms with van der Waals surface area (Å²) < 4.78 is 7.07. The van der Waals surface area contributed by atoms with Crippen LogP contribution in [0.15, 0.2) is 24.3 Å². The van der Waals surface area contributed by atoms with Crippen LogP contribution in [0.25, 0.3) is 5.69 Å². The molecule has 2 aromatic rings. The minimum absolute atomic E-state index is 0.134. The van der Waals surface area contributed by atoms with Gasteiger partial charge in [0, 0.05) is 5.56 Å². The summed E-state index contributed by atoms with van der Waals surface area (Å²) in [7, 11) is 1.65. The van der Waals surface area contributed by atoms with E-state index in [2.05, 4.69) is 32.8 Å². The molecule has 0 aliphatic heterocycles. The van der Waals surface area contributed by atoms with Crippen molar-refractivity contribution in [3.05, 3.63) is 35.5 Å². The van der Waals surface area contributed by atoms with Gasteiger partial charge in [-0.3, -0.25) is 0 Å². The van der Waals surface area contributed by atoms with Gasteiger partial charge in [-0.1, -0.05) is 34.1 Å². The molecule has 1 heterocycles. The van der Waals surface area contributed by atoms with E-state index in [-0.39, 0.29) is 11.3 Å². The maximum absolute atomic E-state index is 10.4. The molecule has 4 heteroatoms. The first kappa shape index (κ1) is 16.4. The van der Waals surface area contributed by atoms with Crippen LogP contribution >= 0.6 is 0 Å². The average molecular weight is 302 g/mol. The van der Waals surface area contributed by atoms with E-state index in [9.17, 15) is 5.11 Å². The molecular formula is C18H26N2O2. The van der Waals surface area contributed by atoms with Crippen molar-refractivity contribution in [1.82, 2.24) is 9.78 Å². The van der Waals surface area contributed by atoms with Crippen molar-refractivity contribution in [3.8, 4) is 17.3 Å². The summed E-state index contributed by atoms with van der Waals surface area (Å²) in [6, 6.07) is 7.75. The van der Waals surface area contributed by atoms with E-state index in [1.165, 1.54) is 0 Å². The lowest BCUT2D eigenvalue weighted by molar-refractivity contribution is 0.414. The Morgan fingerprint density at radius 1 is 1.18 bits per heavy atom. The Morgan fingerprint density at radius 3 is 2.32 bits per heavy atom. The summed E-state index contributed by atoms with van der Waals surface area (Å²) in [6.07, 6.45) is 3.09. The number of unbranched alkanes of at least 4 members (excludes halogenated alkanes) is 1. The molecule has 1 aromatic carbocycles. The van der Waals surface area contributed by atoms with Crippen molar-refractivity contribution < 1.29 is 9.84 Å². The maximum Gasteiger partial charge on any atom is 0.234 e. The molecule has 0 aliphatic rings. The molecule has 0 atom stereocenters. The maximum atomic E-state index is 10.4. The van der Waals surface area contributed by atoms with Crippen molar-refractivity contribution in [2.75, 3.05) is 7.11 Å². The summed E-state index contributed by atoms with van der Waals surface area (Å²) in [4.78, 5) is 0. The minimum atomic E-state index is -0.141. The second kappa shape index (κ2) is 6.42. The van der Waals surface area contributed by atoms with Crippen LogP contribution in [0.4, 0.5) is 0 Å². The standard InChI is InChI=1S/C18H26N2O2/c1-6-7-8-15-16(18(2,3)4)17(21)19-20(15)13-9-11-14(22-5)12-10-13/h9-12H,6-8H2,1-5H3,(H,19,21). The van der Waals surface area contributed by atoms with Gasteiger partial charge in [0.1, 0.15) is 5.75 Å². The van der Waals surface area contributed by atoms with E-state index in [0.717, 1.165) is 42.0 Å². The highest BCUT2D eigenvalue weighted by Gasteiger charge is 2.27. The summed E-state index contributed by atoms with van der Waals surface area (Å²) in [5, 5.41) is 14.7. The monoisotopic (exact) mass is 302 g/mol. The van der Waals surface area contributed by atoms with E-state index in [1.807, 2.05) is 28.9 Å². The molecule has 2 rings (SSSR count). The smallest absolute Gasteiger partial charge is 0.234 e. The molecule has 4 nitrogen and oxygen atoms in total. The van der Waals surface area contributed by atoms with E-state index >= 15 is 0 Å². The lowest BCUT2D eigenvalue weighted by atomic mass is 9.85. The van der Waals surface area contributed by atoms with Gasteiger partial charge in [-0.15, -0.1) is 5.10 Å². The third kappa shape index (κ3) is 3.26. The molecule has 0 bridgehead atoms. The van der Waals surface area contributed by atoms with Crippen LogP contribution in [0.1, 0.15) is 51.8 Å². The van der Waals surface area contributed by atoms with Crippen LogP contribution in [0.2, 0.25) is 0 Å². The first-order chi connectivity index (χ1) is 10.4. The molecule has 0 saturated heterocycles. The van der Waals surface area contributed by atoms with Crippen LogP contribution in [-0.4, -0.2) is 22.0 Å². The second-order valence-corrected chi connectivity index (χ2v) is 6.61. The highest BCUT2D eigenvalue weighted by atomic mass is 16.5. The van der Waals surface area contributed by atoms with Gasteiger partial charge in [-0.2, -0.15) is 0 Å². The Labute approximate surface area is 132 Å². The summed E-state index contributed by atoms with van der Waals surface area (Å²) in [6.45, 7) is 8.50. The Kier molecular flexibility index (Phi) is 4.79. The largest absolute Gasteiger partial charge is 0.497 e. The van der Waals surface area contributed by atoms with Crippen molar-refractivity contribution >= 4 is 0 Å². The van der Waals surface area contributed by atoms with Crippen molar-refractivity contribution in [2.24, 2.45) is 0 Å². The number of aromatic hydroxyl groups is 1. The molecule has 0 fully saturated rings. The summed E-state index contributed by atoms with van der Waals surface area (Å²) >= 11 is 0. The number of hydrogen-bond acceptors (Lipinski definition) is 3. The second-order valence-electron chi connectivity index (χ2n) is 6.61. The highest BCUT2D eigenvalue weighted by molar-refractivity contribution is 5.44. The number of rotatable bonds is 5. The van der Waals surface area contributed by atoms with Gasteiger partial charge in [-0.05, 0) is 42.5 Å². The zero-order valence-electron chi connectivity index (χ0n) is 14.2.